The van der Waals surface area contributed by atoms with Crippen LogP contribution in [0.25, 0.3) is 0 Å². The van der Waals surface area contributed by atoms with E-state index in [0.717, 1.165) is 16.9 Å². The first-order chi connectivity index (χ1) is 16.0. The minimum absolute atomic E-state index is 0.138. The number of carbonyl (C=O) groups excluding carboxylic acids is 4. The van der Waals surface area contributed by atoms with Crippen molar-refractivity contribution < 1.29 is 23.9 Å². The number of nitrogens with one attached hydrogen (secondary N) is 1. The Morgan fingerprint density at radius 2 is 1.47 bits per heavy atom. The van der Waals surface area contributed by atoms with Gasteiger partial charge in [-0.15, -0.1) is 0 Å². The molecular weight excluding hydrogens is 704 g/mol. The van der Waals surface area contributed by atoms with Gasteiger partial charge in [0.2, 0.25) is 0 Å². The Balaban J connectivity index is 1.81. The molecule has 11 heteroatoms. The SMILES string of the molecule is CCc1ccccc1NC(=O)COC(=O)[C@@H](C(C)C)N1C(=O)c2c(Br)c(Br)c(Br)c(Br)c2C1=O. The molecule has 0 unspecified atom stereocenters. The predicted molar refractivity (Wildman–Crippen MR) is 142 cm³/mol. The molecule has 0 aliphatic carbocycles. The molecule has 1 heterocycles. The molecule has 1 N–H and O–H groups in total. The molecule has 2 aromatic carbocycles. The molecular formula is C23H20Br4N2O5. The van der Waals surface area contributed by atoms with E-state index in [-0.39, 0.29) is 11.1 Å². The third-order valence-electron chi connectivity index (χ3n) is 5.30. The van der Waals surface area contributed by atoms with Crippen molar-refractivity contribution in [2.24, 2.45) is 5.92 Å². The molecule has 0 saturated heterocycles. The lowest BCUT2D eigenvalue weighted by Crippen LogP contribution is -2.49. The Kier molecular flexibility index (Phi) is 8.75. The monoisotopic (exact) mass is 720 g/mol. The minimum Gasteiger partial charge on any atom is -0.454 e. The molecule has 3 rings (SSSR count). The number of para-hydroxylation sites is 1. The molecule has 1 aliphatic heterocycles. The number of aryl methyl sites for hydroxylation is 1. The van der Waals surface area contributed by atoms with Crippen LogP contribution in [-0.2, 0) is 20.7 Å². The summed E-state index contributed by atoms with van der Waals surface area (Å²) in [6, 6.07) is 6.12. The van der Waals surface area contributed by atoms with Gasteiger partial charge in [0.05, 0.1) is 11.1 Å². The van der Waals surface area contributed by atoms with Gasteiger partial charge in [0.1, 0.15) is 6.04 Å². The second-order valence-electron chi connectivity index (χ2n) is 7.84. The van der Waals surface area contributed by atoms with Crippen molar-refractivity contribution in [3.05, 3.63) is 58.8 Å². The highest BCUT2D eigenvalue weighted by molar-refractivity contribution is 9.15. The summed E-state index contributed by atoms with van der Waals surface area (Å²) >= 11 is 13.5. The van der Waals surface area contributed by atoms with Gasteiger partial charge >= 0.3 is 5.97 Å². The molecule has 180 valence electrons. The van der Waals surface area contributed by atoms with E-state index in [1.807, 2.05) is 19.1 Å². The summed E-state index contributed by atoms with van der Waals surface area (Å²) in [5.41, 5.74) is 1.86. The maximum absolute atomic E-state index is 13.3. The number of hydrogen-bond acceptors (Lipinski definition) is 5. The van der Waals surface area contributed by atoms with E-state index in [2.05, 4.69) is 69.0 Å². The standard InChI is InChI=1S/C23H20Br4N2O5/c1-4-11-7-5-6-8-12(11)28-13(30)9-34-23(33)20(10(2)3)29-21(31)14-15(22(29)32)17(25)19(27)18(26)16(14)24/h5-8,10,20H,4,9H2,1-3H3,(H,28,30)/t20-/m1/s1. The Bertz CT molecular complexity index is 1150. The van der Waals surface area contributed by atoms with Crippen LogP contribution < -0.4 is 5.32 Å². The number of imide groups is 1. The topological polar surface area (TPSA) is 92.8 Å². The highest BCUT2D eigenvalue weighted by atomic mass is 79.9. The molecule has 0 saturated carbocycles. The smallest absolute Gasteiger partial charge is 0.330 e. The van der Waals surface area contributed by atoms with Crippen LogP contribution in [0.15, 0.2) is 42.2 Å². The van der Waals surface area contributed by atoms with E-state index < -0.39 is 42.3 Å². The number of nitrogens with zero attached hydrogens (tertiary/aromatic N) is 1. The van der Waals surface area contributed by atoms with Crippen LogP contribution in [0, 0.1) is 5.92 Å². The molecule has 2 aromatic rings. The molecule has 7 nitrogen and oxygen atoms in total. The van der Waals surface area contributed by atoms with Gasteiger partial charge in [-0.1, -0.05) is 39.0 Å². The fraction of sp³-hybridized carbons (Fsp3) is 0.304. The van der Waals surface area contributed by atoms with E-state index in [1.54, 1.807) is 26.0 Å². The quantitative estimate of drug-likeness (QED) is 0.161. The van der Waals surface area contributed by atoms with Gasteiger partial charge in [0.15, 0.2) is 6.61 Å². The van der Waals surface area contributed by atoms with Gasteiger partial charge in [-0.2, -0.15) is 0 Å². The van der Waals surface area contributed by atoms with Gasteiger partial charge in [0.25, 0.3) is 17.7 Å². The third-order valence-corrected chi connectivity index (χ3v) is 10.1. The average molecular weight is 724 g/mol. The number of anilines is 1. The molecule has 0 spiro atoms. The highest BCUT2D eigenvalue weighted by Gasteiger charge is 2.47. The van der Waals surface area contributed by atoms with Crippen LogP contribution in [0.4, 0.5) is 5.69 Å². The molecule has 34 heavy (non-hydrogen) atoms. The Morgan fingerprint density at radius 1 is 0.941 bits per heavy atom. The van der Waals surface area contributed by atoms with Crippen LogP contribution in [-0.4, -0.2) is 41.2 Å². The second kappa shape index (κ2) is 11.0. The molecule has 0 bridgehead atoms. The lowest BCUT2D eigenvalue weighted by atomic mass is 10.0. The third kappa shape index (κ3) is 5.03. The van der Waals surface area contributed by atoms with Crippen molar-refractivity contribution in [1.29, 1.82) is 0 Å². The Labute approximate surface area is 230 Å². The first-order valence-electron chi connectivity index (χ1n) is 10.3. The van der Waals surface area contributed by atoms with Gasteiger partial charge in [-0.05, 0) is 87.7 Å². The number of ether oxygens (including phenoxy) is 1. The van der Waals surface area contributed by atoms with E-state index >= 15 is 0 Å². The summed E-state index contributed by atoms with van der Waals surface area (Å²) in [7, 11) is 0. The second-order valence-corrected chi connectivity index (χ2v) is 11.0. The number of amides is 3. The zero-order chi connectivity index (χ0) is 25.3. The Hall–Kier alpha value is -1.56. The van der Waals surface area contributed by atoms with E-state index in [9.17, 15) is 19.2 Å². The van der Waals surface area contributed by atoms with Crippen molar-refractivity contribution in [3.63, 3.8) is 0 Å². The Morgan fingerprint density at radius 3 is 1.97 bits per heavy atom. The number of fused-ring (bicyclic) bond motifs is 1. The molecule has 3 amide bonds. The van der Waals surface area contributed by atoms with Crippen LogP contribution in [0.3, 0.4) is 0 Å². The number of esters is 1. The largest absolute Gasteiger partial charge is 0.454 e. The molecule has 0 fully saturated rings. The zero-order valence-electron chi connectivity index (χ0n) is 18.4. The maximum Gasteiger partial charge on any atom is 0.330 e. The van der Waals surface area contributed by atoms with Crippen molar-refractivity contribution in [2.75, 3.05) is 11.9 Å². The average Bonchev–Trinajstić information content (AvgIpc) is 3.05. The fourth-order valence-corrected chi connectivity index (χ4v) is 6.11. The van der Waals surface area contributed by atoms with Crippen LogP contribution in [0.5, 0.6) is 0 Å². The lowest BCUT2D eigenvalue weighted by Gasteiger charge is -2.27. The van der Waals surface area contributed by atoms with Gasteiger partial charge in [-0.3, -0.25) is 19.3 Å². The van der Waals surface area contributed by atoms with Crippen LogP contribution in [0.1, 0.15) is 47.1 Å². The summed E-state index contributed by atoms with van der Waals surface area (Å²) in [5, 5.41) is 2.73. The lowest BCUT2D eigenvalue weighted by molar-refractivity contribution is -0.152. The van der Waals surface area contributed by atoms with Crippen molar-refractivity contribution >= 4 is 93.1 Å². The molecule has 0 radical (unpaired) electrons. The van der Waals surface area contributed by atoms with Gasteiger partial charge < -0.3 is 10.1 Å². The maximum atomic E-state index is 13.3. The van der Waals surface area contributed by atoms with Crippen molar-refractivity contribution in [3.8, 4) is 0 Å². The summed E-state index contributed by atoms with van der Waals surface area (Å²) in [6.07, 6.45) is 0.725. The summed E-state index contributed by atoms with van der Waals surface area (Å²) < 4.78 is 7.13. The van der Waals surface area contributed by atoms with E-state index in [0.29, 0.717) is 23.6 Å². The zero-order valence-corrected chi connectivity index (χ0v) is 24.7. The summed E-state index contributed by atoms with van der Waals surface area (Å²) in [6.45, 7) is 4.81. The predicted octanol–water partition coefficient (Wildman–Crippen LogP) is 6.10. The summed E-state index contributed by atoms with van der Waals surface area (Å²) in [4.78, 5) is 52.9. The van der Waals surface area contributed by atoms with Gasteiger partial charge in [-0.25, -0.2) is 4.79 Å². The van der Waals surface area contributed by atoms with Crippen LogP contribution >= 0.6 is 63.7 Å². The minimum atomic E-state index is -1.21. The van der Waals surface area contributed by atoms with E-state index in [1.165, 1.54) is 0 Å². The van der Waals surface area contributed by atoms with Crippen molar-refractivity contribution in [2.45, 2.75) is 33.2 Å². The first-order valence-corrected chi connectivity index (χ1v) is 13.5. The number of carbonyl (C=O) groups is 4. The normalized spacial score (nSPS) is 13.8. The first kappa shape index (κ1) is 27.0. The van der Waals surface area contributed by atoms with Crippen LogP contribution in [0.2, 0.25) is 0 Å². The van der Waals surface area contributed by atoms with E-state index in [4.69, 9.17) is 4.74 Å². The number of hydrogen-bond donors (Lipinski definition) is 1. The van der Waals surface area contributed by atoms with Gasteiger partial charge in [0, 0.05) is 23.6 Å². The molecule has 1 aliphatic rings. The fourth-order valence-electron chi connectivity index (χ4n) is 3.65. The van der Waals surface area contributed by atoms with Crippen molar-refractivity contribution in [1.82, 2.24) is 4.90 Å². The number of rotatable bonds is 7. The molecule has 0 aromatic heterocycles. The molecule has 1 atom stereocenters. The number of halogens is 4. The highest BCUT2D eigenvalue weighted by Crippen LogP contribution is 2.46. The summed E-state index contributed by atoms with van der Waals surface area (Å²) in [5.74, 6) is -3.07. The number of benzene rings is 2.